The van der Waals surface area contributed by atoms with E-state index >= 15 is 0 Å². The van der Waals surface area contributed by atoms with E-state index in [0.29, 0.717) is 0 Å². The summed E-state index contributed by atoms with van der Waals surface area (Å²) in [7, 11) is 0. The highest BCUT2D eigenvalue weighted by Crippen LogP contribution is 2.36. The Labute approximate surface area is 107 Å². The van der Waals surface area contributed by atoms with E-state index < -0.39 is 0 Å². The molecule has 0 N–H and O–H groups in total. The van der Waals surface area contributed by atoms with E-state index in [4.69, 9.17) is 0 Å². The molecule has 0 unspecified atom stereocenters. The summed E-state index contributed by atoms with van der Waals surface area (Å²) >= 11 is 0. The largest absolute Gasteiger partial charge is 0.289 e. The minimum absolute atomic E-state index is 0.948. The smallest absolute Gasteiger partial charge is 0.147 e. The lowest BCUT2D eigenvalue weighted by molar-refractivity contribution is 1.24. The molecule has 0 aliphatic carbocycles. The van der Waals surface area contributed by atoms with Crippen molar-refractivity contribution >= 4 is 38.4 Å². The zero-order valence-electron chi connectivity index (χ0n) is 9.91. The van der Waals surface area contributed by atoms with E-state index in [9.17, 15) is 0 Å². The second-order valence-corrected chi connectivity index (χ2v) is 4.66. The van der Waals surface area contributed by atoms with Gasteiger partial charge in [0.2, 0.25) is 0 Å². The third kappa shape index (κ3) is 0.944. The van der Waals surface area contributed by atoms with Crippen LogP contribution in [-0.4, -0.2) is 19.4 Å². The Hall–Kier alpha value is -2.75. The van der Waals surface area contributed by atoms with Gasteiger partial charge in [0.1, 0.15) is 5.65 Å². The molecule has 0 aliphatic rings. The lowest BCUT2D eigenvalue weighted by Crippen LogP contribution is -1.83. The van der Waals surface area contributed by atoms with Crippen molar-refractivity contribution in [2.75, 3.05) is 0 Å². The van der Waals surface area contributed by atoms with E-state index in [0.717, 1.165) is 27.6 Å². The van der Waals surface area contributed by atoms with Gasteiger partial charge in [0, 0.05) is 34.7 Å². The first-order chi connectivity index (χ1) is 9.45. The van der Waals surface area contributed by atoms with Crippen LogP contribution < -0.4 is 0 Å². The molecule has 0 amide bonds. The van der Waals surface area contributed by atoms with Crippen LogP contribution in [-0.2, 0) is 0 Å². The molecule has 0 saturated carbocycles. The van der Waals surface area contributed by atoms with E-state index in [2.05, 4.69) is 31.5 Å². The Morgan fingerprint density at radius 1 is 0.842 bits per heavy atom. The molecule has 5 aromatic heterocycles. The molecule has 19 heavy (non-hydrogen) atoms. The second kappa shape index (κ2) is 2.98. The zero-order valence-corrected chi connectivity index (χ0v) is 9.91. The number of hydrogen-bond donors (Lipinski definition) is 0. The molecule has 0 aliphatic heterocycles. The van der Waals surface area contributed by atoms with Crippen molar-refractivity contribution in [1.82, 2.24) is 19.4 Å². The average molecular weight is 244 g/mol. The van der Waals surface area contributed by atoms with Gasteiger partial charge in [-0.05, 0) is 24.3 Å². The number of fused-ring (bicyclic) bond motifs is 6. The third-order valence-corrected chi connectivity index (χ3v) is 3.73. The predicted molar refractivity (Wildman–Crippen MR) is 74.5 cm³/mol. The first-order valence-corrected chi connectivity index (χ1v) is 6.14. The van der Waals surface area contributed by atoms with Crippen molar-refractivity contribution in [2.24, 2.45) is 0 Å². The van der Waals surface area contributed by atoms with Crippen molar-refractivity contribution in [3.63, 3.8) is 0 Å². The molecule has 5 rings (SSSR count). The highest BCUT2D eigenvalue weighted by Gasteiger charge is 2.17. The monoisotopic (exact) mass is 244 g/mol. The van der Waals surface area contributed by atoms with Crippen LogP contribution in [0.2, 0.25) is 0 Å². The average Bonchev–Trinajstić information content (AvgIpc) is 2.99. The van der Waals surface area contributed by atoms with Gasteiger partial charge in [0.15, 0.2) is 0 Å². The maximum Gasteiger partial charge on any atom is 0.147 e. The summed E-state index contributed by atoms with van der Waals surface area (Å²) in [5.74, 6) is 0. The Morgan fingerprint density at radius 2 is 1.79 bits per heavy atom. The van der Waals surface area contributed by atoms with E-state index in [-0.39, 0.29) is 0 Å². The van der Waals surface area contributed by atoms with Gasteiger partial charge in [0.05, 0.1) is 22.7 Å². The van der Waals surface area contributed by atoms with Crippen LogP contribution in [0.1, 0.15) is 0 Å². The number of aromatic nitrogens is 4. The summed E-state index contributed by atoms with van der Waals surface area (Å²) in [6.45, 7) is 0. The molecule has 4 heteroatoms. The summed E-state index contributed by atoms with van der Waals surface area (Å²) in [5.41, 5.74) is 4.18. The molecule has 0 saturated heterocycles. The van der Waals surface area contributed by atoms with Crippen LogP contribution in [0.4, 0.5) is 0 Å². The van der Waals surface area contributed by atoms with Gasteiger partial charge in [-0.15, -0.1) is 0 Å². The molecule has 88 valence electrons. The molecule has 5 aromatic rings. The molecular formula is C15H8N4. The quantitative estimate of drug-likeness (QED) is 0.420. The normalized spacial score (nSPS) is 12.2. The van der Waals surface area contributed by atoms with Crippen LogP contribution in [0.5, 0.6) is 0 Å². The van der Waals surface area contributed by atoms with Crippen molar-refractivity contribution in [2.45, 2.75) is 0 Å². The fraction of sp³-hybridized carbons (Fsp3) is 0. The maximum absolute atomic E-state index is 4.53. The zero-order chi connectivity index (χ0) is 12.4. The molecule has 0 radical (unpaired) electrons. The van der Waals surface area contributed by atoms with E-state index in [1.165, 1.54) is 10.8 Å². The molecule has 4 nitrogen and oxygen atoms in total. The van der Waals surface area contributed by atoms with Gasteiger partial charge in [0.25, 0.3) is 0 Å². The first kappa shape index (κ1) is 9.22. The van der Waals surface area contributed by atoms with Crippen molar-refractivity contribution in [3.05, 3.63) is 49.1 Å². The molecule has 0 aromatic carbocycles. The third-order valence-electron chi connectivity index (χ3n) is 3.73. The highest BCUT2D eigenvalue weighted by atomic mass is 15.0. The number of rotatable bonds is 0. The Kier molecular flexibility index (Phi) is 1.44. The van der Waals surface area contributed by atoms with Crippen molar-refractivity contribution in [1.29, 1.82) is 0 Å². The fourth-order valence-electron chi connectivity index (χ4n) is 2.99. The van der Waals surface area contributed by atoms with Crippen LogP contribution in [0.3, 0.4) is 0 Å². The second-order valence-electron chi connectivity index (χ2n) is 4.66. The van der Waals surface area contributed by atoms with Gasteiger partial charge >= 0.3 is 0 Å². The number of nitrogens with zero attached hydrogens (tertiary/aromatic N) is 4. The topological polar surface area (TPSA) is 43.1 Å². The van der Waals surface area contributed by atoms with Crippen LogP contribution in [0.15, 0.2) is 49.1 Å². The Bertz CT molecular complexity index is 981. The van der Waals surface area contributed by atoms with Gasteiger partial charge in [-0.3, -0.25) is 14.4 Å². The molecule has 0 atom stereocenters. The van der Waals surface area contributed by atoms with Gasteiger partial charge in [-0.2, -0.15) is 0 Å². The maximum atomic E-state index is 4.53. The SMILES string of the molecule is c1cnc2c(c1)c1nccc3c4ccncc4n2c31. The summed E-state index contributed by atoms with van der Waals surface area (Å²) in [6.07, 6.45) is 7.40. The van der Waals surface area contributed by atoms with Crippen LogP contribution in [0, 0.1) is 0 Å². The first-order valence-electron chi connectivity index (χ1n) is 6.14. The van der Waals surface area contributed by atoms with Gasteiger partial charge < -0.3 is 0 Å². The summed E-state index contributed by atoms with van der Waals surface area (Å²) < 4.78 is 2.16. The fourth-order valence-corrected chi connectivity index (χ4v) is 2.99. The summed E-state index contributed by atoms with van der Waals surface area (Å²) in [5, 5.41) is 3.50. The Balaban J connectivity index is 2.32. The lowest BCUT2D eigenvalue weighted by atomic mass is 10.2. The van der Waals surface area contributed by atoms with Gasteiger partial charge in [-0.1, -0.05) is 0 Å². The molecular weight excluding hydrogens is 236 g/mol. The Morgan fingerprint density at radius 3 is 2.79 bits per heavy atom. The number of pyridine rings is 3. The minimum Gasteiger partial charge on any atom is -0.289 e. The number of hydrogen-bond acceptors (Lipinski definition) is 3. The van der Waals surface area contributed by atoms with Gasteiger partial charge in [-0.25, -0.2) is 4.98 Å². The van der Waals surface area contributed by atoms with Crippen LogP contribution in [0.25, 0.3) is 38.4 Å². The lowest BCUT2D eigenvalue weighted by Gasteiger charge is -1.94. The van der Waals surface area contributed by atoms with E-state index in [1.807, 2.05) is 36.9 Å². The molecule has 0 bridgehead atoms. The molecule has 0 fully saturated rings. The predicted octanol–water partition coefficient (Wildman–Crippen LogP) is 3.02. The van der Waals surface area contributed by atoms with Crippen LogP contribution >= 0.6 is 0 Å². The summed E-state index contributed by atoms with van der Waals surface area (Å²) in [6, 6.07) is 8.13. The summed E-state index contributed by atoms with van der Waals surface area (Å²) in [4.78, 5) is 13.3. The minimum atomic E-state index is 0.948. The van der Waals surface area contributed by atoms with E-state index in [1.54, 1.807) is 0 Å². The standard InChI is InChI=1S/C15H8N4/c1-2-11-13-14-10(4-7-17-13)9-3-6-16-8-12(9)19(14)15(11)18-5-1/h1-8H. The highest BCUT2D eigenvalue weighted by molar-refractivity contribution is 6.20. The van der Waals surface area contributed by atoms with Crippen molar-refractivity contribution < 1.29 is 0 Å². The molecule has 5 heterocycles. The molecule has 0 spiro atoms. The van der Waals surface area contributed by atoms with Crippen molar-refractivity contribution in [3.8, 4) is 0 Å².